The van der Waals surface area contributed by atoms with Crippen molar-refractivity contribution in [1.29, 1.82) is 0 Å². The highest BCUT2D eigenvalue weighted by molar-refractivity contribution is 5.86. The Labute approximate surface area is 164 Å². The van der Waals surface area contributed by atoms with Gasteiger partial charge >= 0.3 is 5.97 Å². The smallest absolute Gasteiger partial charge is 0.333 e. The predicted molar refractivity (Wildman–Crippen MR) is 114 cm³/mol. The van der Waals surface area contributed by atoms with Gasteiger partial charge in [0.05, 0.1) is 6.61 Å². The van der Waals surface area contributed by atoms with E-state index in [-0.39, 0.29) is 5.97 Å². The lowest BCUT2D eigenvalue weighted by atomic mass is 9.91. The van der Waals surface area contributed by atoms with Gasteiger partial charge in [0.15, 0.2) is 0 Å². The fourth-order valence-corrected chi connectivity index (χ4v) is 3.41. The van der Waals surface area contributed by atoms with E-state index in [1.165, 1.54) is 57.8 Å². The highest BCUT2D eigenvalue weighted by Crippen LogP contribution is 2.22. The molecule has 26 heavy (non-hydrogen) atoms. The zero-order valence-corrected chi connectivity index (χ0v) is 18.6. The molecule has 0 aliphatic heterocycles. The molecule has 0 aromatic carbocycles. The number of esters is 1. The molecule has 0 saturated heterocycles. The summed E-state index contributed by atoms with van der Waals surface area (Å²) in [6.07, 6.45) is 13.2. The summed E-state index contributed by atoms with van der Waals surface area (Å²) in [7, 11) is 0. The van der Waals surface area contributed by atoms with Gasteiger partial charge in [0.2, 0.25) is 0 Å². The van der Waals surface area contributed by atoms with E-state index < -0.39 is 0 Å². The zero-order chi connectivity index (χ0) is 19.9. The maximum atomic E-state index is 11.3. The van der Waals surface area contributed by atoms with Crippen LogP contribution >= 0.6 is 0 Å². The average Bonchev–Trinajstić information content (AvgIpc) is 2.54. The van der Waals surface area contributed by atoms with Crippen LogP contribution in [0.25, 0.3) is 0 Å². The fraction of sp³-hybridized carbons (Fsp3) is 0.875. The van der Waals surface area contributed by atoms with Gasteiger partial charge in [-0.1, -0.05) is 99.0 Å². The molecule has 0 aliphatic carbocycles. The highest BCUT2D eigenvalue weighted by atomic mass is 16.5. The Hall–Kier alpha value is -0.790. The molecule has 0 amide bonds. The number of hydrogen-bond acceptors (Lipinski definition) is 2. The third kappa shape index (κ3) is 15.5. The Balaban J connectivity index is 3.59. The second kappa shape index (κ2) is 15.3. The van der Waals surface area contributed by atoms with Crippen LogP contribution in [0.3, 0.4) is 0 Å². The summed E-state index contributed by atoms with van der Waals surface area (Å²) in [6, 6.07) is 0. The zero-order valence-electron chi connectivity index (χ0n) is 18.6. The number of carbonyl (C=O) groups excluding carboxylic acids is 1. The molecule has 0 saturated carbocycles. The minimum Gasteiger partial charge on any atom is -0.462 e. The van der Waals surface area contributed by atoms with Crippen molar-refractivity contribution < 1.29 is 9.53 Å². The first-order chi connectivity index (χ1) is 12.2. The minimum atomic E-state index is -0.260. The van der Waals surface area contributed by atoms with Crippen LogP contribution in [0.5, 0.6) is 0 Å². The van der Waals surface area contributed by atoms with Crippen molar-refractivity contribution >= 4 is 5.97 Å². The van der Waals surface area contributed by atoms with E-state index in [2.05, 4.69) is 41.2 Å². The summed E-state index contributed by atoms with van der Waals surface area (Å²) in [5.41, 5.74) is 0.487. The normalized spacial score (nSPS) is 14.9. The standard InChI is InChI=1S/C24H46O2/c1-19(2)11-8-12-21(5)13-9-14-22(6)15-10-16-23(7)17-18-26-24(25)20(3)4/h19,21-23H,3,8-18H2,1-2,4-7H3. The van der Waals surface area contributed by atoms with E-state index in [4.69, 9.17) is 4.74 Å². The lowest BCUT2D eigenvalue weighted by Crippen LogP contribution is -2.09. The lowest BCUT2D eigenvalue weighted by molar-refractivity contribution is -0.139. The van der Waals surface area contributed by atoms with Gasteiger partial charge in [0.1, 0.15) is 0 Å². The van der Waals surface area contributed by atoms with Gasteiger partial charge in [-0.15, -0.1) is 0 Å². The van der Waals surface area contributed by atoms with Crippen LogP contribution in [0.2, 0.25) is 0 Å². The largest absolute Gasteiger partial charge is 0.462 e. The third-order valence-corrected chi connectivity index (χ3v) is 5.46. The van der Waals surface area contributed by atoms with E-state index in [1.54, 1.807) is 6.92 Å². The van der Waals surface area contributed by atoms with Gasteiger partial charge in [-0.25, -0.2) is 4.79 Å². The van der Waals surface area contributed by atoms with E-state index in [9.17, 15) is 4.79 Å². The van der Waals surface area contributed by atoms with Gasteiger partial charge in [-0.05, 0) is 37.0 Å². The molecule has 0 spiro atoms. The SMILES string of the molecule is C=C(C)C(=O)OCCC(C)CCCC(C)CCCC(C)CCCC(C)C. The molecular weight excluding hydrogens is 320 g/mol. The first-order valence-electron chi connectivity index (χ1n) is 11.0. The summed E-state index contributed by atoms with van der Waals surface area (Å²) >= 11 is 0. The summed E-state index contributed by atoms with van der Waals surface area (Å²) in [4.78, 5) is 11.3. The molecule has 3 atom stereocenters. The molecule has 0 radical (unpaired) electrons. The summed E-state index contributed by atoms with van der Waals surface area (Å²) < 4.78 is 5.18. The van der Waals surface area contributed by atoms with Crippen LogP contribution in [-0.4, -0.2) is 12.6 Å². The molecule has 0 rings (SSSR count). The fourth-order valence-electron chi connectivity index (χ4n) is 3.41. The van der Waals surface area contributed by atoms with Crippen molar-refractivity contribution in [3.05, 3.63) is 12.2 Å². The lowest BCUT2D eigenvalue weighted by Gasteiger charge is -2.16. The molecule has 154 valence electrons. The van der Waals surface area contributed by atoms with Gasteiger partial charge in [0.25, 0.3) is 0 Å². The molecule has 3 unspecified atom stereocenters. The Morgan fingerprint density at radius 1 is 0.731 bits per heavy atom. The molecule has 0 heterocycles. The molecule has 0 N–H and O–H groups in total. The molecular formula is C24H46O2. The summed E-state index contributed by atoms with van der Waals surface area (Å²) in [5, 5.41) is 0. The quantitative estimate of drug-likeness (QED) is 0.208. The van der Waals surface area contributed by atoms with Crippen LogP contribution in [0.4, 0.5) is 0 Å². The second-order valence-corrected chi connectivity index (χ2v) is 9.21. The van der Waals surface area contributed by atoms with Crippen molar-refractivity contribution in [2.24, 2.45) is 23.7 Å². The third-order valence-electron chi connectivity index (χ3n) is 5.46. The number of rotatable bonds is 16. The average molecular weight is 367 g/mol. The van der Waals surface area contributed by atoms with Crippen LogP contribution in [0, 0.1) is 23.7 Å². The Morgan fingerprint density at radius 2 is 1.12 bits per heavy atom. The van der Waals surface area contributed by atoms with Gasteiger partial charge in [0, 0.05) is 5.57 Å². The maximum absolute atomic E-state index is 11.3. The van der Waals surface area contributed by atoms with Crippen LogP contribution in [0.15, 0.2) is 12.2 Å². The molecule has 0 aromatic rings. The first kappa shape index (κ1) is 25.2. The van der Waals surface area contributed by atoms with E-state index in [0.717, 1.165) is 24.2 Å². The summed E-state index contributed by atoms with van der Waals surface area (Å²) in [5.74, 6) is 2.95. The molecule has 0 aliphatic rings. The number of ether oxygens (including phenoxy) is 1. The Kier molecular flexibility index (Phi) is 14.8. The van der Waals surface area contributed by atoms with Crippen LogP contribution in [0.1, 0.15) is 106 Å². The maximum Gasteiger partial charge on any atom is 0.333 e. The molecule has 0 aromatic heterocycles. The minimum absolute atomic E-state index is 0.260. The van der Waals surface area contributed by atoms with Crippen LogP contribution < -0.4 is 0 Å². The molecule has 2 nitrogen and oxygen atoms in total. The monoisotopic (exact) mass is 366 g/mol. The van der Waals surface area contributed by atoms with Gasteiger partial charge < -0.3 is 4.74 Å². The molecule has 0 bridgehead atoms. The topological polar surface area (TPSA) is 26.3 Å². The van der Waals surface area contributed by atoms with Gasteiger partial charge in [-0.2, -0.15) is 0 Å². The number of hydrogen-bond donors (Lipinski definition) is 0. The second-order valence-electron chi connectivity index (χ2n) is 9.21. The Bertz CT molecular complexity index is 372. The van der Waals surface area contributed by atoms with Crippen molar-refractivity contribution in [1.82, 2.24) is 0 Å². The van der Waals surface area contributed by atoms with Crippen molar-refractivity contribution in [3.8, 4) is 0 Å². The molecule has 2 heteroatoms. The van der Waals surface area contributed by atoms with Crippen LogP contribution in [-0.2, 0) is 9.53 Å². The van der Waals surface area contributed by atoms with E-state index >= 15 is 0 Å². The van der Waals surface area contributed by atoms with E-state index in [1.807, 2.05) is 0 Å². The van der Waals surface area contributed by atoms with Crippen molar-refractivity contribution in [3.63, 3.8) is 0 Å². The first-order valence-corrected chi connectivity index (χ1v) is 11.0. The van der Waals surface area contributed by atoms with Gasteiger partial charge in [-0.3, -0.25) is 0 Å². The molecule has 0 fully saturated rings. The highest BCUT2D eigenvalue weighted by Gasteiger charge is 2.09. The van der Waals surface area contributed by atoms with E-state index in [0.29, 0.717) is 18.1 Å². The predicted octanol–water partition coefficient (Wildman–Crippen LogP) is 7.57. The summed E-state index contributed by atoms with van der Waals surface area (Å²) in [6.45, 7) is 17.6. The Morgan fingerprint density at radius 3 is 1.50 bits per heavy atom. The van der Waals surface area contributed by atoms with Crippen molar-refractivity contribution in [2.45, 2.75) is 106 Å². The van der Waals surface area contributed by atoms with Crippen molar-refractivity contribution in [2.75, 3.05) is 6.61 Å². The number of carbonyl (C=O) groups is 1.